The Morgan fingerprint density at radius 2 is 1.87 bits per heavy atom. The molecule has 0 saturated carbocycles. The second-order valence-corrected chi connectivity index (χ2v) is 7.91. The van der Waals surface area contributed by atoms with Gasteiger partial charge in [-0.2, -0.15) is 15.1 Å². The average Bonchev–Trinajstić information content (AvgIpc) is 3.15. The van der Waals surface area contributed by atoms with Gasteiger partial charge in [0.2, 0.25) is 5.17 Å². The molecule has 152 valence electrons. The summed E-state index contributed by atoms with van der Waals surface area (Å²) < 4.78 is 10.5. The predicted octanol–water partition coefficient (Wildman–Crippen LogP) is 4.22. The number of carbonyl (C=O) groups is 1. The van der Waals surface area contributed by atoms with Gasteiger partial charge in [-0.15, -0.1) is 0 Å². The van der Waals surface area contributed by atoms with Crippen molar-refractivity contribution in [1.82, 2.24) is 5.01 Å². The molecular formula is C21H17ClN4O3S. The monoisotopic (exact) mass is 440 g/mol. The number of nitrogens with one attached hydrogen (secondary N) is 1. The van der Waals surface area contributed by atoms with Crippen molar-refractivity contribution in [3.8, 4) is 11.5 Å². The molecule has 2 aliphatic heterocycles. The lowest BCUT2D eigenvalue weighted by Gasteiger charge is -2.20. The number of fused-ring (bicyclic) bond motifs is 1. The standard InChI is InChI=1S/C21H17ClN4O3S/c1-28-16-8-5-13(10-17(16)29-2)9-15-19(23)26-21(24-20(15)27)30-18(25-26)11-12-3-6-14(22)7-4-12/h3-10,23H,11H2,1-2H3. The van der Waals surface area contributed by atoms with Gasteiger partial charge in [0.1, 0.15) is 5.04 Å². The Balaban J connectivity index is 1.60. The number of halogens is 1. The first-order chi connectivity index (χ1) is 14.5. The van der Waals surface area contributed by atoms with Crippen LogP contribution in [0.15, 0.2) is 58.1 Å². The van der Waals surface area contributed by atoms with Crippen LogP contribution in [0.3, 0.4) is 0 Å². The Morgan fingerprint density at radius 3 is 2.57 bits per heavy atom. The van der Waals surface area contributed by atoms with E-state index in [1.165, 1.54) is 23.9 Å². The second kappa shape index (κ2) is 8.33. The summed E-state index contributed by atoms with van der Waals surface area (Å²) in [6.45, 7) is 0. The highest BCUT2D eigenvalue weighted by atomic mass is 35.5. The SMILES string of the molecule is COc1ccc(C=C2C(=N)N3N=C(Cc4ccc(Cl)cc4)SC3=NC2=O)cc1OC. The normalized spacial score (nSPS) is 17.0. The van der Waals surface area contributed by atoms with Crippen LogP contribution in [0.2, 0.25) is 5.02 Å². The van der Waals surface area contributed by atoms with Crippen LogP contribution in [0.25, 0.3) is 6.08 Å². The Kier molecular flexibility index (Phi) is 5.61. The zero-order valence-electron chi connectivity index (χ0n) is 16.2. The number of thioether (sulfide) groups is 1. The zero-order valence-corrected chi connectivity index (χ0v) is 17.8. The molecule has 0 unspecified atom stereocenters. The minimum Gasteiger partial charge on any atom is -0.493 e. The molecule has 4 rings (SSSR count). The maximum atomic E-state index is 12.6. The summed E-state index contributed by atoms with van der Waals surface area (Å²) in [5.41, 5.74) is 1.88. The fraction of sp³-hybridized carbons (Fsp3) is 0.143. The van der Waals surface area contributed by atoms with Gasteiger partial charge in [-0.1, -0.05) is 29.8 Å². The molecule has 9 heteroatoms. The lowest BCUT2D eigenvalue weighted by atomic mass is 10.1. The fourth-order valence-electron chi connectivity index (χ4n) is 2.99. The van der Waals surface area contributed by atoms with Crippen LogP contribution in [0.1, 0.15) is 11.1 Å². The number of ether oxygens (including phenoxy) is 2. The van der Waals surface area contributed by atoms with Crippen molar-refractivity contribution in [3.63, 3.8) is 0 Å². The summed E-state index contributed by atoms with van der Waals surface area (Å²) in [4.78, 5) is 16.7. The number of carbonyl (C=O) groups excluding carboxylic acids is 1. The predicted molar refractivity (Wildman–Crippen MR) is 120 cm³/mol. The van der Waals surface area contributed by atoms with Crippen LogP contribution in [0, 0.1) is 5.41 Å². The highest BCUT2D eigenvalue weighted by molar-refractivity contribution is 8.26. The van der Waals surface area contributed by atoms with Crippen molar-refractivity contribution in [2.45, 2.75) is 6.42 Å². The van der Waals surface area contributed by atoms with Gasteiger partial charge >= 0.3 is 0 Å². The zero-order chi connectivity index (χ0) is 21.3. The number of hydrogen-bond donors (Lipinski definition) is 1. The second-order valence-electron chi connectivity index (χ2n) is 6.43. The Morgan fingerprint density at radius 1 is 1.13 bits per heavy atom. The van der Waals surface area contributed by atoms with E-state index >= 15 is 0 Å². The van der Waals surface area contributed by atoms with Crippen LogP contribution in [-0.4, -0.2) is 41.2 Å². The first kappa shape index (κ1) is 20.2. The van der Waals surface area contributed by atoms with E-state index in [9.17, 15) is 4.79 Å². The van der Waals surface area contributed by atoms with Gasteiger partial charge in [-0.3, -0.25) is 10.2 Å². The summed E-state index contributed by atoms with van der Waals surface area (Å²) in [6, 6.07) is 12.7. The van der Waals surface area contributed by atoms with Gasteiger partial charge in [-0.05, 0) is 53.2 Å². The van der Waals surface area contributed by atoms with E-state index in [0.29, 0.717) is 33.7 Å². The van der Waals surface area contributed by atoms with E-state index in [1.54, 1.807) is 31.4 Å². The quantitative estimate of drug-likeness (QED) is 0.703. The first-order valence-electron chi connectivity index (χ1n) is 8.94. The van der Waals surface area contributed by atoms with E-state index in [4.69, 9.17) is 26.5 Å². The number of aliphatic imine (C=N–C) groups is 1. The highest BCUT2D eigenvalue weighted by Gasteiger charge is 2.35. The minimum atomic E-state index is -0.475. The largest absolute Gasteiger partial charge is 0.493 e. The number of methoxy groups -OCH3 is 2. The molecule has 0 spiro atoms. The van der Waals surface area contributed by atoms with Gasteiger partial charge in [0, 0.05) is 11.4 Å². The highest BCUT2D eigenvalue weighted by Crippen LogP contribution is 2.32. The first-order valence-corrected chi connectivity index (χ1v) is 10.1. The molecular weight excluding hydrogens is 424 g/mol. The summed E-state index contributed by atoms with van der Waals surface area (Å²) in [5, 5.41) is 16.2. The molecule has 0 bridgehead atoms. The third-order valence-electron chi connectivity index (χ3n) is 4.48. The number of benzene rings is 2. The van der Waals surface area contributed by atoms with Crippen molar-refractivity contribution in [2.75, 3.05) is 14.2 Å². The minimum absolute atomic E-state index is 0.0154. The summed E-state index contributed by atoms with van der Waals surface area (Å²) >= 11 is 7.22. The molecule has 2 heterocycles. The summed E-state index contributed by atoms with van der Waals surface area (Å²) in [6.07, 6.45) is 2.16. The van der Waals surface area contributed by atoms with E-state index in [1.807, 2.05) is 24.3 Å². The molecule has 7 nitrogen and oxygen atoms in total. The van der Waals surface area contributed by atoms with Crippen molar-refractivity contribution in [2.24, 2.45) is 10.1 Å². The van der Waals surface area contributed by atoms with Gasteiger partial charge < -0.3 is 9.47 Å². The smallest absolute Gasteiger partial charge is 0.283 e. The van der Waals surface area contributed by atoms with Crippen LogP contribution in [0.5, 0.6) is 11.5 Å². The third kappa shape index (κ3) is 3.96. The molecule has 0 fully saturated rings. The van der Waals surface area contributed by atoms with Gasteiger partial charge in [0.15, 0.2) is 17.3 Å². The maximum Gasteiger partial charge on any atom is 0.283 e. The number of amides is 1. The van der Waals surface area contributed by atoms with Crippen LogP contribution in [-0.2, 0) is 11.2 Å². The van der Waals surface area contributed by atoms with Crippen LogP contribution < -0.4 is 9.47 Å². The Labute approximate surface area is 182 Å². The molecule has 2 aromatic rings. The lowest BCUT2D eigenvalue weighted by molar-refractivity contribution is -0.114. The lowest BCUT2D eigenvalue weighted by Crippen LogP contribution is -2.35. The van der Waals surface area contributed by atoms with E-state index in [-0.39, 0.29) is 11.4 Å². The topological polar surface area (TPSA) is 87.3 Å². The number of rotatable bonds is 5. The molecule has 2 aromatic carbocycles. The summed E-state index contributed by atoms with van der Waals surface area (Å²) in [7, 11) is 3.09. The Bertz CT molecular complexity index is 1130. The molecule has 0 atom stereocenters. The van der Waals surface area contributed by atoms with Gasteiger partial charge in [0.25, 0.3) is 5.91 Å². The van der Waals surface area contributed by atoms with Crippen LogP contribution in [0.4, 0.5) is 0 Å². The number of nitrogens with zero attached hydrogens (tertiary/aromatic N) is 3. The molecule has 0 aromatic heterocycles. The number of hydrogen-bond acceptors (Lipinski definition) is 6. The maximum absolute atomic E-state index is 12.6. The average molecular weight is 441 g/mol. The van der Waals surface area contributed by atoms with Crippen molar-refractivity contribution < 1.29 is 14.3 Å². The molecule has 30 heavy (non-hydrogen) atoms. The fourth-order valence-corrected chi connectivity index (χ4v) is 4.03. The number of hydrazone groups is 1. The molecule has 0 radical (unpaired) electrons. The molecule has 0 saturated heterocycles. The van der Waals surface area contributed by atoms with Gasteiger partial charge in [0.05, 0.1) is 19.8 Å². The molecule has 1 N–H and O–H groups in total. The van der Waals surface area contributed by atoms with Crippen molar-refractivity contribution in [3.05, 3.63) is 64.2 Å². The van der Waals surface area contributed by atoms with Crippen molar-refractivity contribution >= 4 is 51.4 Å². The summed E-state index contributed by atoms with van der Waals surface area (Å²) in [5.74, 6) is 0.623. The molecule has 2 aliphatic rings. The Hall–Kier alpha value is -3.10. The van der Waals surface area contributed by atoms with Crippen LogP contribution >= 0.6 is 23.4 Å². The van der Waals surface area contributed by atoms with E-state index in [0.717, 1.165) is 10.6 Å². The van der Waals surface area contributed by atoms with Crippen molar-refractivity contribution in [1.29, 1.82) is 5.41 Å². The third-order valence-corrected chi connectivity index (χ3v) is 5.64. The van der Waals surface area contributed by atoms with Gasteiger partial charge in [-0.25, -0.2) is 0 Å². The molecule has 1 amide bonds. The number of amidine groups is 2. The molecule has 0 aliphatic carbocycles. The van der Waals surface area contributed by atoms with E-state index < -0.39 is 5.91 Å². The van der Waals surface area contributed by atoms with E-state index in [2.05, 4.69) is 10.1 Å².